The molecule has 40 heavy (non-hydrogen) atoms. The highest BCUT2D eigenvalue weighted by atomic mass is 16.5. The van der Waals surface area contributed by atoms with Gasteiger partial charge in [0, 0.05) is 24.1 Å². The number of rotatable bonds is 10. The molecule has 0 aliphatic carbocycles. The third-order valence-electron chi connectivity index (χ3n) is 6.73. The van der Waals surface area contributed by atoms with Gasteiger partial charge in [-0.15, -0.1) is 0 Å². The predicted octanol–water partition coefficient (Wildman–Crippen LogP) is 3.46. The number of hydrogen-bond acceptors (Lipinski definition) is 11. The van der Waals surface area contributed by atoms with Gasteiger partial charge in [0.05, 0.1) is 51.4 Å². The molecule has 1 aliphatic rings. The third kappa shape index (κ3) is 4.77. The van der Waals surface area contributed by atoms with Crippen molar-refractivity contribution in [3.63, 3.8) is 0 Å². The first-order valence-electron chi connectivity index (χ1n) is 12.4. The zero-order valence-electron chi connectivity index (χ0n) is 22.4. The number of nitrogens with zero attached hydrogens (tertiary/aromatic N) is 5. The van der Waals surface area contributed by atoms with Gasteiger partial charge in [0.1, 0.15) is 18.2 Å². The maximum absolute atomic E-state index is 12.0. The van der Waals surface area contributed by atoms with Crippen LogP contribution in [0.5, 0.6) is 23.0 Å². The predicted molar refractivity (Wildman–Crippen MR) is 146 cm³/mol. The van der Waals surface area contributed by atoms with Crippen molar-refractivity contribution < 1.29 is 33.6 Å². The molecule has 0 spiro atoms. The van der Waals surface area contributed by atoms with E-state index in [9.17, 15) is 14.7 Å². The van der Waals surface area contributed by atoms with Crippen LogP contribution in [0.25, 0.3) is 16.6 Å². The van der Waals surface area contributed by atoms with E-state index in [-0.39, 0.29) is 5.95 Å². The van der Waals surface area contributed by atoms with Crippen LogP contribution in [-0.2, 0) is 4.79 Å². The molecule has 4 aromatic rings. The Morgan fingerprint density at radius 2 is 1.77 bits per heavy atom. The van der Waals surface area contributed by atoms with Crippen LogP contribution in [0.15, 0.2) is 36.8 Å². The van der Waals surface area contributed by atoms with E-state index in [1.165, 1.54) is 28.4 Å². The van der Waals surface area contributed by atoms with Crippen molar-refractivity contribution >= 4 is 40.7 Å². The van der Waals surface area contributed by atoms with Gasteiger partial charge in [-0.3, -0.25) is 4.79 Å². The molecule has 1 atom stereocenters. The van der Waals surface area contributed by atoms with Gasteiger partial charge in [-0.25, -0.2) is 14.8 Å². The van der Waals surface area contributed by atoms with Crippen molar-refractivity contribution in [2.24, 2.45) is 0 Å². The number of methoxy groups -OCH3 is 4. The molecule has 0 amide bonds. The summed E-state index contributed by atoms with van der Waals surface area (Å²) >= 11 is 0. The van der Waals surface area contributed by atoms with E-state index in [1.807, 2.05) is 0 Å². The lowest BCUT2D eigenvalue weighted by Gasteiger charge is -2.24. The van der Waals surface area contributed by atoms with E-state index in [0.29, 0.717) is 76.0 Å². The molecule has 208 valence electrons. The zero-order chi connectivity index (χ0) is 28.4. The van der Waals surface area contributed by atoms with Gasteiger partial charge >= 0.3 is 5.97 Å². The molecule has 1 aliphatic heterocycles. The molecule has 3 heterocycles. The Hall–Kier alpha value is -5.07. The summed E-state index contributed by atoms with van der Waals surface area (Å²) in [4.78, 5) is 39.2. The molecule has 0 bridgehead atoms. The van der Waals surface area contributed by atoms with Crippen molar-refractivity contribution in [1.82, 2.24) is 19.5 Å². The highest BCUT2D eigenvalue weighted by Gasteiger charge is 2.33. The maximum Gasteiger partial charge on any atom is 0.326 e. The second-order valence-corrected chi connectivity index (χ2v) is 8.96. The Balaban J connectivity index is 1.56. The number of hydrogen-bond donors (Lipinski definition) is 2. The Morgan fingerprint density at radius 3 is 2.45 bits per heavy atom. The Kier molecular flexibility index (Phi) is 7.27. The maximum atomic E-state index is 12.0. The highest BCUT2D eigenvalue weighted by molar-refractivity contribution is 5.95. The van der Waals surface area contributed by atoms with Crippen LogP contribution in [0.2, 0.25) is 0 Å². The monoisotopic (exact) mass is 548 g/mol. The molecule has 0 unspecified atom stereocenters. The summed E-state index contributed by atoms with van der Waals surface area (Å²) in [7, 11) is 6.02. The number of nitrogens with one attached hydrogen (secondary N) is 1. The highest BCUT2D eigenvalue weighted by Crippen LogP contribution is 2.38. The summed E-state index contributed by atoms with van der Waals surface area (Å²) in [5, 5.41) is 13.6. The van der Waals surface area contributed by atoms with Gasteiger partial charge in [0.2, 0.25) is 5.95 Å². The van der Waals surface area contributed by atoms with Crippen LogP contribution in [-0.4, -0.2) is 77.9 Å². The van der Waals surface area contributed by atoms with Crippen LogP contribution >= 0.6 is 0 Å². The molecule has 13 nitrogen and oxygen atoms in total. The lowest BCUT2D eigenvalue weighted by atomic mass is 10.1. The van der Waals surface area contributed by atoms with E-state index < -0.39 is 12.0 Å². The molecule has 13 heteroatoms. The minimum Gasteiger partial charge on any atom is -0.493 e. The fourth-order valence-electron chi connectivity index (χ4n) is 4.85. The first kappa shape index (κ1) is 26.5. The molecule has 1 fully saturated rings. The number of benzene rings is 2. The minimum absolute atomic E-state index is 0.219. The normalized spacial score (nSPS) is 14.7. The Bertz CT molecular complexity index is 1590. The average molecular weight is 549 g/mol. The standard InChI is InChI=1S/C27H28N6O7/c1-37-20-10-17-18(11-21(20)38-2)29-27(31-25(17)33-7-5-6-19(33)26(35)36)30-23-12-32(14-28-23)16-8-15(13-34)24(40-4)22(9-16)39-3/h8-14,19H,5-7H2,1-4H3,(H,35,36)(H,29,30,31)/t19-/m0/s1. The van der Waals surface area contributed by atoms with Crippen molar-refractivity contribution in [2.45, 2.75) is 18.9 Å². The summed E-state index contributed by atoms with van der Waals surface area (Å²) in [6.07, 6.45) is 5.19. The lowest BCUT2D eigenvalue weighted by molar-refractivity contribution is -0.138. The van der Waals surface area contributed by atoms with Gasteiger partial charge < -0.3 is 38.8 Å². The number of carboxylic acid groups (broad SMARTS) is 1. The number of aromatic nitrogens is 4. The zero-order valence-corrected chi connectivity index (χ0v) is 22.4. The summed E-state index contributed by atoms with van der Waals surface area (Å²) in [6.45, 7) is 0.532. The lowest BCUT2D eigenvalue weighted by Crippen LogP contribution is -2.36. The smallest absolute Gasteiger partial charge is 0.326 e. The quantitative estimate of drug-likeness (QED) is 0.279. The number of aliphatic carboxylic acids is 1. The van der Waals surface area contributed by atoms with Gasteiger partial charge in [0.15, 0.2) is 35.1 Å². The Labute approximate surface area is 229 Å². The van der Waals surface area contributed by atoms with Gasteiger partial charge in [-0.1, -0.05) is 0 Å². The van der Waals surface area contributed by atoms with E-state index in [2.05, 4.69) is 15.3 Å². The van der Waals surface area contributed by atoms with Crippen LogP contribution < -0.4 is 29.2 Å². The number of aldehydes is 1. The molecule has 0 radical (unpaired) electrons. The van der Waals surface area contributed by atoms with Crippen molar-refractivity contribution in [3.8, 4) is 28.7 Å². The second kappa shape index (κ2) is 11.0. The number of fused-ring (bicyclic) bond motifs is 1. The van der Waals surface area contributed by atoms with Crippen molar-refractivity contribution in [2.75, 3.05) is 45.2 Å². The fraction of sp³-hybridized carbons (Fsp3) is 0.296. The van der Waals surface area contributed by atoms with E-state index >= 15 is 0 Å². The molecular weight excluding hydrogens is 520 g/mol. The van der Waals surface area contributed by atoms with Gasteiger partial charge in [0.25, 0.3) is 0 Å². The molecule has 2 aromatic carbocycles. The van der Waals surface area contributed by atoms with Gasteiger partial charge in [-0.05, 0) is 25.0 Å². The number of imidazole rings is 1. The van der Waals surface area contributed by atoms with E-state index in [0.717, 1.165) is 6.42 Å². The van der Waals surface area contributed by atoms with Crippen LogP contribution in [0.1, 0.15) is 23.2 Å². The molecular formula is C27H28N6O7. The summed E-state index contributed by atoms with van der Waals surface area (Å²) in [5.74, 6) is 1.89. The number of anilines is 3. The van der Waals surface area contributed by atoms with Gasteiger partial charge in [-0.2, -0.15) is 4.98 Å². The average Bonchev–Trinajstić information content (AvgIpc) is 3.65. The number of carbonyl (C=O) groups is 2. The van der Waals surface area contributed by atoms with Crippen molar-refractivity contribution in [3.05, 3.63) is 42.4 Å². The fourth-order valence-corrected chi connectivity index (χ4v) is 4.85. The van der Waals surface area contributed by atoms with Crippen LogP contribution in [0.4, 0.5) is 17.6 Å². The second-order valence-electron chi connectivity index (χ2n) is 8.96. The molecule has 2 aromatic heterocycles. The van der Waals surface area contributed by atoms with Crippen molar-refractivity contribution in [1.29, 1.82) is 0 Å². The van der Waals surface area contributed by atoms with E-state index in [1.54, 1.807) is 46.3 Å². The van der Waals surface area contributed by atoms with E-state index in [4.69, 9.17) is 23.9 Å². The first-order chi connectivity index (χ1) is 19.4. The Morgan fingerprint density at radius 1 is 1.02 bits per heavy atom. The first-order valence-corrected chi connectivity index (χ1v) is 12.4. The largest absolute Gasteiger partial charge is 0.493 e. The number of carboxylic acids is 1. The SMILES string of the molecule is COc1cc2nc(Nc3cn(-c4cc(C=O)c(OC)c(OC)c4)cn3)nc(N3CCC[C@H]3C(=O)O)c2cc1OC. The molecule has 0 saturated carbocycles. The minimum atomic E-state index is -0.914. The number of ether oxygens (including phenoxy) is 4. The molecule has 5 rings (SSSR count). The third-order valence-corrected chi connectivity index (χ3v) is 6.73. The topological polar surface area (TPSA) is 150 Å². The summed E-state index contributed by atoms with van der Waals surface area (Å²) in [5.41, 5.74) is 1.49. The summed E-state index contributed by atoms with van der Waals surface area (Å²) in [6, 6.07) is 6.14. The summed E-state index contributed by atoms with van der Waals surface area (Å²) < 4.78 is 23.3. The number of carbonyl (C=O) groups excluding carboxylic acids is 1. The molecule has 1 saturated heterocycles. The molecule has 2 N–H and O–H groups in total. The van der Waals surface area contributed by atoms with Crippen LogP contribution in [0, 0.1) is 0 Å². The van der Waals surface area contributed by atoms with Crippen LogP contribution in [0.3, 0.4) is 0 Å².